The zero-order valence-corrected chi connectivity index (χ0v) is 19.2. The van der Waals surface area contributed by atoms with Crippen LogP contribution < -0.4 is 11.1 Å². The van der Waals surface area contributed by atoms with Crippen LogP contribution in [0.2, 0.25) is 0 Å². The second-order valence-corrected chi connectivity index (χ2v) is 10.2. The Morgan fingerprint density at radius 3 is 2.85 bits per heavy atom. The highest BCUT2D eigenvalue weighted by Crippen LogP contribution is 2.40. The van der Waals surface area contributed by atoms with Gasteiger partial charge in [0, 0.05) is 37.5 Å². The van der Waals surface area contributed by atoms with Crippen LogP contribution in [0.5, 0.6) is 0 Å². The molecule has 8 nitrogen and oxygen atoms in total. The normalized spacial score (nSPS) is 21.3. The molecule has 33 heavy (non-hydrogen) atoms. The lowest BCUT2D eigenvalue weighted by Gasteiger charge is -2.28. The number of rotatable bonds is 6. The highest BCUT2D eigenvalue weighted by molar-refractivity contribution is 7.13. The number of nitrogens with two attached hydrogens (primary N) is 1. The minimum Gasteiger partial charge on any atom is -0.365 e. The van der Waals surface area contributed by atoms with E-state index in [0.29, 0.717) is 46.3 Å². The number of aryl methyl sites for hydroxylation is 1. The molecule has 0 unspecified atom stereocenters. The molecule has 2 aromatic rings. The predicted molar refractivity (Wildman–Crippen MR) is 119 cm³/mol. The van der Waals surface area contributed by atoms with Gasteiger partial charge in [-0.2, -0.15) is 0 Å². The average Bonchev–Trinajstić information content (AvgIpc) is 3.41. The number of nitrogens with one attached hydrogen (secondary N) is 1. The quantitative estimate of drug-likeness (QED) is 0.671. The van der Waals surface area contributed by atoms with Gasteiger partial charge in [0.05, 0.1) is 10.7 Å². The lowest BCUT2D eigenvalue weighted by Crippen LogP contribution is -2.47. The van der Waals surface area contributed by atoms with Gasteiger partial charge in [0.25, 0.3) is 11.8 Å². The van der Waals surface area contributed by atoms with E-state index in [9.17, 15) is 18.8 Å². The molecule has 3 aliphatic rings. The smallest absolute Gasteiger partial charge is 0.264 e. The molecular formula is C23H26FN5O3S. The van der Waals surface area contributed by atoms with Gasteiger partial charge in [-0.15, -0.1) is 11.3 Å². The summed E-state index contributed by atoms with van der Waals surface area (Å²) in [6.45, 7) is 3.31. The number of primary amides is 1. The van der Waals surface area contributed by atoms with E-state index in [2.05, 4.69) is 10.3 Å². The van der Waals surface area contributed by atoms with Gasteiger partial charge >= 0.3 is 0 Å². The average molecular weight is 472 g/mol. The summed E-state index contributed by atoms with van der Waals surface area (Å²) in [5.41, 5.74) is 6.98. The standard InChI is InChI=1S/C23H26FN5O3S/c1-12-26-18(20(33-12)21(25)30)10-15(13-6-7-13)22(31)27-19-14-4-2-5-17(24)16(14)11-28-8-3-9-29(28)23(19)32/h2,4-5,13,15,19H,3,6-11H2,1H3,(H2,25,30)(H,27,31)/t15-,19+/m1/s1. The van der Waals surface area contributed by atoms with Crippen LogP contribution in [0.4, 0.5) is 4.39 Å². The van der Waals surface area contributed by atoms with Crippen LogP contribution in [0.3, 0.4) is 0 Å². The Labute approximate surface area is 194 Å². The molecule has 10 heteroatoms. The van der Waals surface area contributed by atoms with E-state index >= 15 is 0 Å². The van der Waals surface area contributed by atoms with Crippen molar-refractivity contribution in [2.24, 2.45) is 17.6 Å². The monoisotopic (exact) mass is 471 g/mol. The van der Waals surface area contributed by atoms with Gasteiger partial charge in [0.2, 0.25) is 5.91 Å². The lowest BCUT2D eigenvalue weighted by atomic mass is 9.94. The molecule has 0 radical (unpaired) electrons. The van der Waals surface area contributed by atoms with Crippen LogP contribution in [0.1, 0.15) is 56.8 Å². The van der Waals surface area contributed by atoms with E-state index in [1.807, 2.05) is 5.01 Å². The van der Waals surface area contributed by atoms with Crippen molar-refractivity contribution >= 4 is 29.1 Å². The van der Waals surface area contributed by atoms with Crippen molar-refractivity contribution in [1.29, 1.82) is 0 Å². The fourth-order valence-corrected chi connectivity index (χ4v) is 5.73. The number of hydrogen-bond donors (Lipinski definition) is 2. The lowest BCUT2D eigenvalue weighted by molar-refractivity contribution is -0.148. The summed E-state index contributed by atoms with van der Waals surface area (Å²) in [5, 5.41) is 7.14. The Morgan fingerprint density at radius 2 is 2.12 bits per heavy atom. The molecule has 1 saturated heterocycles. The van der Waals surface area contributed by atoms with Gasteiger partial charge in [0.1, 0.15) is 16.7 Å². The third-order valence-corrected chi connectivity index (χ3v) is 7.72. The Bertz CT molecular complexity index is 1130. The fraction of sp³-hybridized carbons (Fsp3) is 0.478. The summed E-state index contributed by atoms with van der Waals surface area (Å²) in [6, 6.07) is 3.71. The molecule has 3 N–H and O–H groups in total. The molecule has 3 heterocycles. The van der Waals surface area contributed by atoms with Crippen molar-refractivity contribution in [3.05, 3.63) is 50.7 Å². The van der Waals surface area contributed by atoms with Crippen LogP contribution in [-0.4, -0.2) is 45.8 Å². The molecule has 2 aliphatic heterocycles. The molecule has 174 valence electrons. The van der Waals surface area contributed by atoms with Crippen molar-refractivity contribution in [2.45, 2.75) is 45.2 Å². The Morgan fingerprint density at radius 1 is 1.33 bits per heavy atom. The maximum absolute atomic E-state index is 14.7. The largest absolute Gasteiger partial charge is 0.365 e. The van der Waals surface area contributed by atoms with E-state index in [0.717, 1.165) is 19.3 Å². The van der Waals surface area contributed by atoms with Gasteiger partial charge in [-0.1, -0.05) is 12.1 Å². The highest BCUT2D eigenvalue weighted by atomic mass is 32.1. The van der Waals surface area contributed by atoms with Crippen molar-refractivity contribution in [2.75, 3.05) is 13.1 Å². The van der Waals surface area contributed by atoms with E-state index in [1.165, 1.54) is 17.4 Å². The molecule has 1 aromatic carbocycles. The maximum atomic E-state index is 14.7. The third-order valence-electron chi connectivity index (χ3n) is 6.69. The number of hydrogen-bond acceptors (Lipinski definition) is 6. The molecule has 1 aliphatic carbocycles. The minimum atomic E-state index is -0.958. The second kappa shape index (κ2) is 8.49. The Balaban J connectivity index is 1.44. The summed E-state index contributed by atoms with van der Waals surface area (Å²) in [5.74, 6) is -1.74. The van der Waals surface area contributed by atoms with Gasteiger partial charge in [0.15, 0.2) is 0 Å². The topological polar surface area (TPSA) is 109 Å². The number of halogens is 1. The Hall–Kier alpha value is -2.85. The SMILES string of the molecule is Cc1nc(C[C@@H](C(=O)N[C@@H]2C(=O)N3CCCN3Cc3c(F)cccc32)C2CC2)c(C(N)=O)s1. The zero-order valence-electron chi connectivity index (χ0n) is 18.3. The van der Waals surface area contributed by atoms with Crippen molar-refractivity contribution in [1.82, 2.24) is 20.3 Å². The van der Waals surface area contributed by atoms with Crippen LogP contribution in [-0.2, 0) is 22.6 Å². The number of benzene rings is 1. The van der Waals surface area contributed by atoms with Crippen molar-refractivity contribution in [3.63, 3.8) is 0 Å². The van der Waals surface area contributed by atoms with Crippen LogP contribution in [0.25, 0.3) is 0 Å². The minimum absolute atomic E-state index is 0.156. The number of fused-ring (bicyclic) bond motifs is 2. The molecule has 0 bridgehead atoms. The molecule has 2 fully saturated rings. The Kier molecular flexibility index (Phi) is 5.65. The van der Waals surface area contributed by atoms with E-state index in [1.54, 1.807) is 24.1 Å². The molecule has 1 saturated carbocycles. The number of aromatic nitrogens is 1. The first-order valence-corrected chi connectivity index (χ1v) is 12.0. The van der Waals surface area contributed by atoms with Gasteiger partial charge < -0.3 is 11.1 Å². The first-order valence-electron chi connectivity index (χ1n) is 11.2. The van der Waals surface area contributed by atoms with Gasteiger partial charge in [-0.25, -0.2) is 14.4 Å². The summed E-state index contributed by atoms with van der Waals surface area (Å²) in [4.78, 5) is 43.6. The van der Waals surface area contributed by atoms with Crippen LogP contribution in [0, 0.1) is 24.6 Å². The molecule has 3 amide bonds. The fourth-order valence-electron chi connectivity index (χ4n) is 4.93. The van der Waals surface area contributed by atoms with E-state index in [-0.39, 0.29) is 30.0 Å². The zero-order chi connectivity index (χ0) is 23.3. The molecular weight excluding hydrogens is 445 g/mol. The van der Waals surface area contributed by atoms with Gasteiger partial charge in [-0.05, 0) is 43.7 Å². The number of carbonyl (C=O) groups is 3. The number of nitrogens with zero attached hydrogens (tertiary/aromatic N) is 3. The van der Waals surface area contributed by atoms with Crippen molar-refractivity contribution in [3.8, 4) is 0 Å². The summed E-state index contributed by atoms with van der Waals surface area (Å²) < 4.78 is 14.7. The van der Waals surface area contributed by atoms with Gasteiger partial charge in [-0.3, -0.25) is 19.4 Å². The van der Waals surface area contributed by atoms with E-state index in [4.69, 9.17) is 5.73 Å². The van der Waals surface area contributed by atoms with E-state index < -0.39 is 17.9 Å². The highest BCUT2D eigenvalue weighted by Gasteiger charge is 2.42. The summed E-state index contributed by atoms with van der Waals surface area (Å²) in [7, 11) is 0. The summed E-state index contributed by atoms with van der Waals surface area (Å²) in [6.07, 6.45) is 2.89. The van der Waals surface area contributed by atoms with Crippen LogP contribution in [0.15, 0.2) is 18.2 Å². The van der Waals surface area contributed by atoms with Crippen LogP contribution >= 0.6 is 11.3 Å². The maximum Gasteiger partial charge on any atom is 0.264 e. The molecule has 5 rings (SSSR count). The second-order valence-electron chi connectivity index (χ2n) is 8.97. The number of carbonyl (C=O) groups excluding carboxylic acids is 3. The summed E-state index contributed by atoms with van der Waals surface area (Å²) >= 11 is 1.22. The molecule has 2 atom stereocenters. The number of amides is 3. The predicted octanol–water partition coefficient (Wildman–Crippen LogP) is 2.08. The molecule has 1 aromatic heterocycles. The first-order chi connectivity index (χ1) is 15.8. The molecule has 0 spiro atoms. The van der Waals surface area contributed by atoms with Crippen molar-refractivity contribution < 1.29 is 18.8 Å². The first kappa shape index (κ1) is 22.0. The number of hydrazine groups is 1. The third kappa shape index (κ3) is 4.13. The number of thiazole rings is 1.